The highest BCUT2D eigenvalue weighted by Gasteiger charge is 2.33. The molecular weight excluding hydrogens is 305 g/mol. The molecule has 0 unspecified atom stereocenters. The van der Waals surface area contributed by atoms with Crippen molar-refractivity contribution in [2.24, 2.45) is 0 Å². The Balaban J connectivity index is 0.00000106. The van der Waals surface area contributed by atoms with E-state index < -0.39 is 30.0 Å². The van der Waals surface area contributed by atoms with Crippen molar-refractivity contribution in [1.29, 1.82) is 0 Å². The highest BCUT2D eigenvalue weighted by atomic mass is 32.1. The van der Waals surface area contributed by atoms with Crippen molar-refractivity contribution < 1.29 is 22.8 Å². The van der Waals surface area contributed by atoms with Crippen LogP contribution in [0.15, 0.2) is 37.4 Å². The van der Waals surface area contributed by atoms with E-state index >= 15 is 0 Å². The molecule has 1 fully saturated rings. The van der Waals surface area contributed by atoms with Gasteiger partial charge in [-0.25, -0.2) is 0 Å². The van der Waals surface area contributed by atoms with Crippen molar-refractivity contribution in [2.45, 2.75) is 12.6 Å². The molecule has 0 aliphatic carbocycles. The van der Waals surface area contributed by atoms with Gasteiger partial charge < -0.3 is 5.32 Å². The lowest BCUT2D eigenvalue weighted by Gasteiger charge is -2.27. The lowest BCUT2D eigenvalue weighted by atomic mass is 10.1. The molecule has 1 heterocycles. The maximum Gasteiger partial charge on any atom is 0.416 e. The first-order chi connectivity index (χ1) is 9.79. The second kappa shape index (κ2) is 6.49. The van der Waals surface area contributed by atoms with Crippen molar-refractivity contribution in [3.05, 3.63) is 43.0 Å². The van der Waals surface area contributed by atoms with Gasteiger partial charge in [-0.15, -0.1) is 13.2 Å². The summed E-state index contributed by atoms with van der Waals surface area (Å²) < 4.78 is 37.8. The van der Waals surface area contributed by atoms with Crippen molar-refractivity contribution in [2.75, 3.05) is 4.90 Å². The summed E-state index contributed by atoms with van der Waals surface area (Å²) in [6.07, 6.45) is -4.96. The molecule has 1 aliphatic heterocycles. The highest BCUT2D eigenvalue weighted by Crippen LogP contribution is 2.32. The standard InChI is InChI=1S/C11H7F3N2O2S.C2H4/c12-11(13,14)6-2-1-3-7(4-6)16-9(18)5-8(17)15-10(16)19;1-2/h1-4H,5H2,(H,15,17,19);1-2H2. The molecule has 1 aromatic carbocycles. The van der Waals surface area contributed by atoms with Gasteiger partial charge in [0.1, 0.15) is 6.42 Å². The molecule has 2 rings (SSSR count). The minimum absolute atomic E-state index is 0.0233. The molecule has 112 valence electrons. The van der Waals surface area contributed by atoms with Gasteiger partial charge in [0.15, 0.2) is 5.11 Å². The number of nitrogens with zero attached hydrogens (tertiary/aromatic N) is 1. The smallest absolute Gasteiger partial charge is 0.302 e. The third-order valence-electron chi connectivity index (χ3n) is 2.44. The van der Waals surface area contributed by atoms with Gasteiger partial charge in [0.05, 0.1) is 11.3 Å². The first-order valence-electron chi connectivity index (χ1n) is 5.63. The molecule has 0 radical (unpaired) electrons. The second-order valence-electron chi connectivity index (χ2n) is 3.81. The summed E-state index contributed by atoms with van der Waals surface area (Å²) in [7, 11) is 0. The van der Waals surface area contributed by atoms with Gasteiger partial charge in [0, 0.05) is 0 Å². The van der Waals surface area contributed by atoms with Gasteiger partial charge in [-0.1, -0.05) is 6.07 Å². The van der Waals surface area contributed by atoms with Gasteiger partial charge in [-0.05, 0) is 30.4 Å². The summed E-state index contributed by atoms with van der Waals surface area (Å²) in [5, 5.41) is 2.01. The topological polar surface area (TPSA) is 49.4 Å². The first kappa shape index (κ1) is 16.8. The monoisotopic (exact) mass is 316 g/mol. The number of anilines is 1. The predicted molar refractivity (Wildman–Crippen MR) is 75.5 cm³/mol. The number of carbonyl (C=O) groups excluding carboxylic acids is 2. The summed E-state index contributed by atoms with van der Waals surface area (Å²) in [4.78, 5) is 23.6. The number of hydrogen-bond donors (Lipinski definition) is 1. The van der Waals surface area contributed by atoms with Gasteiger partial charge in [-0.2, -0.15) is 13.2 Å². The number of halogens is 3. The average molecular weight is 316 g/mol. The zero-order chi connectivity index (χ0) is 16.2. The van der Waals surface area contributed by atoms with Gasteiger partial charge in [0.2, 0.25) is 11.8 Å². The quantitative estimate of drug-likeness (QED) is 0.492. The first-order valence-corrected chi connectivity index (χ1v) is 6.04. The zero-order valence-corrected chi connectivity index (χ0v) is 11.6. The molecule has 2 amide bonds. The zero-order valence-electron chi connectivity index (χ0n) is 10.7. The Morgan fingerprint density at radius 3 is 2.38 bits per heavy atom. The van der Waals surface area contributed by atoms with Crippen LogP contribution in [0.4, 0.5) is 18.9 Å². The maximum absolute atomic E-state index is 12.6. The largest absolute Gasteiger partial charge is 0.416 e. The molecule has 1 N–H and O–H groups in total. The van der Waals surface area contributed by atoms with E-state index in [9.17, 15) is 22.8 Å². The van der Waals surface area contributed by atoms with Crippen LogP contribution in [0.25, 0.3) is 0 Å². The minimum Gasteiger partial charge on any atom is -0.302 e. The molecule has 0 aromatic heterocycles. The van der Waals surface area contributed by atoms with Crippen molar-refractivity contribution >= 4 is 34.8 Å². The SMILES string of the molecule is C=C.O=C1CC(=O)N(c2cccc(C(F)(F)F)c2)C(=S)N1. The van der Waals surface area contributed by atoms with Crippen LogP contribution < -0.4 is 10.2 Å². The summed E-state index contributed by atoms with van der Waals surface area (Å²) in [6.45, 7) is 6.00. The van der Waals surface area contributed by atoms with Crippen LogP contribution in [0, 0.1) is 0 Å². The van der Waals surface area contributed by atoms with Crippen LogP contribution in [0.5, 0.6) is 0 Å². The van der Waals surface area contributed by atoms with E-state index in [2.05, 4.69) is 18.5 Å². The molecule has 1 aliphatic rings. The normalized spacial score (nSPS) is 15.2. The fraction of sp³-hybridized carbons (Fsp3) is 0.154. The third-order valence-corrected chi connectivity index (χ3v) is 2.73. The van der Waals surface area contributed by atoms with Crippen LogP contribution in [-0.4, -0.2) is 16.9 Å². The molecule has 0 spiro atoms. The lowest BCUT2D eigenvalue weighted by Crippen LogP contribution is -2.52. The molecule has 1 saturated heterocycles. The van der Waals surface area contributed by atoms with Gasteiger partial charge >= 0.3 is 6.18 Å². The van der Waals surface area contributed by atoms with Crippen LogP contribution in [0.1, 0.15) is 12.0 Å². The van der Waals surface area contributed by atoms with Crippen LogP contribution in [0.3, 0.4) is 0 Å². The molecule has 21 heavy (non-hydrogen) atoms. The van der Waals surface area contributed by atoms with Crippen molar-refractivity contribution in [3.8, 4) is 0 Å². The number of rotatable bonds is 1. The maximum atomic E-state index is 12.6. The van der Waals surface area contributed by atoms with E-state index in [1.165, 1.54) is 12.1 Å². The van der Waals surface area contributed by atoms with Gasteiger partial charge in [-0.3, -0.25) is 14.5 Å². The summed E-state index contributed by atoms with van der Waals surface area (Å²) in [5.74, 6) is -1.23. The number of alkyl halides is 3. The van der Waals surface area contributed by atoms with Crippen LogP contribution in [-0.2, 0) is 15.8 Å². The summed E-state index contributed by atoms with van der Waals surface area (Å²) in [5.41, 5.74) is -0.915. The predicted octanol–water partition coefficient (Wildman–Crippen LogP) is 2.65. The molecule has 0 saturated carbocycles. The number of carbonyl (C=O) groups is 2. The second-order valence-corrected chi connectivity index (χ2v) is 4.19. The number of amides is 2. The Morgan fingerprint density at radius 2 is 1.86 bits per heavy atom. The van der Waals surface area contributed by atoms with Crippen molar-refractivity contribution in [3.63, 3.8) is 0 Å². The summed E-state index contributed by atoms with van der Waals surface area (Å²) in [6, 6.07) is 4.18. The molecule has 0 bridgehead atoms. The Morgan fingerprint density at radius 1 is 1.24 bits per heavy atom. The Labute approximate surface area is 124 Å². The Hall–Kier alpha value is -2.22. The van der Waals surface area contributed by atoms with E-state index in [-0.39, 0.29) is 10.8 Å². The number of benzene rings is 1. The van der Waals surface area contributed by atoms with E-state index in [1.54, 1.807) is 0 Å². The molecule has 1 aromatic rings. The van der Waals surface area contributed by atoms with Gasteiger partial charge in [0.25, 0.3) is 0 Å². The fourth-order valence-electron chi connectivity index (χ4n) is 1.63. The average Bonchev–Trinajstić information content (AvgIpc) is 2.39. The van der Waals surface area contributed by atoms with E-state index in [1.807, 2.05) is 0 Å². The minimum atomic E-state index is -4.51. The molecule has 4 nitrogen and oxygen atoms in total. The Bertz CT molecular complexity index is 567. The number of hydrogen-bond acceptors (Lipinski definition) is 3. The molecular formula is C13H11F3N2O2S. The lowest BCUT2D eigenvalue weighted by molar-refractivity contribution is -0.137. The fourth-order valence-corrected chi connectivity index (χ4v) is 1.95. The third kappa shape index (κ3) is 3.88. The molecule has 0 atom stereocenters. The van der Waals surface area contributed by atoms with E-state index in [0.29, 0.717) is 0 Å². The number of thiocarbonyl (C=S) groups is 1. The van der Waals surface area contributed by atoms with Crippen LogP contribution in [0.2, 0.25) is 0 Å². The molecule has 8 heteroatoms. The Kier molecular flexibility index (Phi) is 5.20. The van der Waals surface area contributed by atoms with Crippen LogP contribution >= 0.6 is 12.2 Å². The highest BCUT2D eigenvalue weighted by molar-refractivity contribution is 7.80. The number of nitrogens with one attached hydrogen (secondary N) is 1. The van der Waals surface area contributed by atoms with Crippen molar-refractivity contribution in [1.82, 2.24) is 5.32 Å². The van der Waals surface area contributed by atoms with E-state index in [0.717, 1.165) is 17.0 Å². The summed E-state index contributed by atoms with van der Waals surface area (Å²) >= 11 is 4.79. The van der Waals surface area contributed by atoms with E-state index in [4.69, 9.17) is 12.2 Å².